The van der Waals surface area contributed by atoms with Crippen molar-refractivity contribution in [2.24, 2.45) is 0 Å². The molecule has 0 radical (unpaired) electrons. The van der Waals surface area contributed by atoms with E-state index in [9.17, 15) is 9.59 Å². The van der Waals surface area contributed by atoms with E-state index < -0.39 is 12.0 Å². The number of H-pyrrole nitrogens is 1. The molecule has 1 amide bonds. The van der Waals surface area contributed by atoms with Crippen molar-refractivity contribution in [3.8, 4) is 0 Å². The molecule has 0 unspecified atom stereocenters. The van der Waals surface area contributed by atoms with Crippen LogP contribution >= 0.6 is 0 Å². The van der Waals surface area contributed by atoms with E-state index in [1.807, 2.05) is 6.92 Å². The number of ether oxygens (including phenoxy) is 1. The third-order valence-electron chi connectivity index (χ3n) is 2.40. The van der Waals surface area contributed by atoms with Crippen molar-refractivity contribution in [1.29, 1.82) is 0 Å². The zero-order valence-electron chi connectivity index (χ0n) is 9.66. The Hall–Kier alpha value is -1.78. The van der Waals surface area contributed by atoms with Crippen LogP contribution in [0.2, 0.25) is 0 Å². The lowest BCUT2D eigenvalue weighted by Gasteiger charge is -2.14. The predicted octanol–water partition coefficient (Wildman–Crippen LogP) is 1.00. The minimum Gasteiger partial charge on any atom is -0.467 e. The number of hydrogen-bond acceptors (Lipinski definition) is 3. The summed E-state index contributed by atoms with van der Waals surface area (Å²) in [7, 11) is 1.30. The van der Waals surface area contributed by atoms with Gasteiger partial charge < -0.3 is 15.0 Å². The Bertz CT molecular complexity index is 384. The molecule has 2 N–H and O–H groups in total. The number of hydrogen-bond donors (Lipinski definition) is 2. The van der Waals surface area contributed by atoms with Gasteiger partial charge in [0.1, 0.15) is 6.04 Å². The molecule has 0 spiro atoms. The van der Waals surface area contributed by atoms with Gasteiger partial charge in [0.05, 0.1) is 12.7 Å². The van der Waals surface area contributed by atoms with Crippen molar-refractivity contribution in [2.75, 3.05) is 7.11 Å². The van der Waals surface area contributed by atoms with Gasteiger partial charge in [-0.2, -0.15) is 0 Å². The van der Waals surface area contributed by atoms with E-state index in [0.29, 0.717) is 12.0 Å². The van der Waals surface area contributed by atoms with E-state index in [4.69, 9.17) is 0 Å². The number of rotatable bonds is 4. The van der Waals surface area contributed by atoms with Gasteiger partial charge >= 0.3 is 5.97 Å². The SMILES string of the molecule is CC[C@H](NC(=O)c1cc[nH]c1C)C(=O)OC. The molecule has 16 heavy (non-hydrogen) atoms. The summed E-state index contributed by atoms with van der Waals surface area (Å²) in [5.74, 6) is -0.694. The Morgan fingerprint density at radius 2 is 2.25 bits per heavy atom. The van der Waals surface area contributed by atoms with Gasteiger partial charge in [-0.3, -0.25) is 4.79 Å². The summed E-state index contributed by atoms with van der Waals surface area (Å²) in [6, 6.07) is 1.08. The fraction of sp³-hybridized carbons (Fsp3) is 0.455. The lowest BCUT2D eigenvalue weighted by Crippen LogP contribution is -2.41. The summed E-state index contributed by atoms with van der Waals surface area (Å²) in [5.41, 5.74) is 1.32. The fourth-order valence-electron chi connectivity index (χ4n) is 1.40. The summed E-state index contributed by atoms with van der Waals surface area (Å²) in [6.07, 6.45) is 2.19. The number of aryl methyl sites for hydroxylation is 1. The second-order valence-corrected chi connectivity index (χ2v) is 3.47. The van der Waals surface area contributed by atoms with Gasteiger partial charge in [-0.25, -0.2) is 4.79 Å². The van der Waals surface area contributed by atoms with Crippen molar-refractivity contribution in [2.45, 2.75) is 26.3 Å². The van der Waals surface area contributed by atoms with Crippen molar-refractivity contribution in [3.05, 3.63) is 23.5 Å². The van der Waals surface area contributed by atoms with Crippen LogP contribution in [-0.2, 0) is 9.53 Å². The van der Waals surface area contributed by atoms with Crippen LogP contribution in [0, 0.1) is 6.92 Å². The highest BCUT2D eigenvalue weighted by Crippen LogP contribution is 2.05. The molecule has 5 nitrogen and oxygen atoms in total. The zero-order valence-corrected chi connectivity index (χ0v) is 9.66. The maximum Gasteiger partial charge on any atom is 0.328 e. The predicted molar refractivity (Wildman–Crippen MR) is 59.1 cm³/mol. The third kappa shape index (κ3) is 2.62. The molecule has 88 valence electrons. The summed E-state index contributed by atoms with van der Waals surface area (Å²) in [5, 5.41) is 2.63. The number of amides is 1. The van der Waals surface area contributed by atoms with Gasteiger partial charge in [-0.15, -0.1) is 0 Å². The molecule has 0 saturated heterocycles. The van der Waals surface area contributed by atoms with Crippen LogP contribution in [0.25, 0.3) is 0 Å². The lowest BCUT2D eigenvalue weighted by atomic mass is 10.2. The average molecular weight is 224 g/mol. The normalized spacial score (nSPS) is 11.9. The lowest BCUT2D eigenvalue weighted by molar-refractivity contribution is -0.142. The van der Waals surface area contributed by atoms with Gasteiger partial charge in [0.15, 0.2) is 0 Å². The summed E-state index contributed by atoms with van der Waals surface area (Å²) >= 11 is 0. The molecule has 1 aromatic rings. The van der Waals surface area contributed by atoms with Crippen molar-refractivity contribution in [3.63, 3.8) is 0 Å². The van der Waals surface area contributed by atoms with Gasteiger partial charge in [0, 0.05) is 11.9 Å². The molecular formula is C11H16N2O3. The van der Waals surface area contributed by atoms with Gasteiger partial charge in [0.25, 0.3) is 5.91 Å². The minimum atomic E-state index is -0.591. The molecule has 0 bridgehead atoms. The second kappa shape index (κ2) is 5.34. The van der Waals surface area contributed by atoms with Gasteiger partial charge in [-0.05, 0) is 19.4 Å². The quantitative estimate of drug-likeness (QED) is 0.750. The van der Waals surface area contributed by atoms with Crippen LogP contribution < -0.4 is 5.32 Å². The molecule has 0 aromatic carbocycles. The molecule has 0 aliphatic rings. The van der Waals surface area contributed by atoms with E-state index in [1.165, 1.54) is 7.11 Å². The maximum absolute atomic E-state index is 11.8. The molecule has 0 aliphatic heterocycles. The standard InChI is InChI=1S/C11H16N2O3/c1-4-9(11(15)16-3)13-10(14)8-5-6-12-7(8)2/h5-6,9,12H,4H2,1-3H3,(H,13,14)/t9-/m0/s1. The largest absolute Gasteiger partial charge is 0.467 e. The molecule has 0 fully saturated rings. The Balaban J connectivity index is 2.70. The molecular weight excluding hydrogens is 208 g/mol. The number of carbonyl (C=O) groups is 2. The number of nitrogens with one attached hydrogen (secondary N) is 2. The van der Waals surface area contributed by atoms with E-state index in [1.54, 1.807) is 19.2 Å². The van der Waals surface area contributed by atoms with Crippen LogP contribution in [0.4, 0.5) is 0 Å². The van der Waals surface area contributed by atoms with Crippen molar-refractivity contribution >= 4 is 11.9 Å². The first-order valence-electron chi connectivity index (χ1n) is 5.12. The Labute approximate surface area is 94.2 Å². The van der Waals surface area contributed by atoms with Crippen LogP contribution in [0.5, 0.6) is 0 Å². The van der Waals surface area contributed by atoms with E-state index in [2.05, 4.69) is 15.0 Å². The van der Waals surface area contributed by atoms with Crippen LogP contribution in [0.1, 0.15) is 29.4 Å². The van der Waals surface area contributed by atoms with Crippen molar-refractivity contribution < 1.29 is 14.3 Å². The van der Waals surface area contributed by atoms with Crippen molar-refractivity contribution in [1.82, 2.24) is 10.3 Å². The van der Waals surface area contributed by atoms with Crippen LogP contribution in [0.15, 0.2) is 12.3 Å². The Kier molecular flexibility index (Phi) is 4.10. The first kappa shape index (κ1) is 12.3. The Morgan fingerprint density at radius 3 is 2.69 bits per heavy atom. The van der Waals surface area contributed by atoms with Crippen LogP contribution in [-0.4, -0.2) is 30.0 Å². The molecule has 5 heteroatoms. The summed E-state index contributed by atoms with van der Waals surface area (Å²) < 4.78 is 4.59. The molecule has 0 aliphatic carbocycles. The smallest absolute Gasteiger partial charge is 0.328 e. The highest BCUT2D eigenvalue weighted by Gasteiger charge is 2.20. The number of esters is 1. The number of carbonyl (C=O) groups excluding carboxylic acids is 2. The molecule has 0 saturated carbocycles. The second-order valence-electron chi connectivity index (χ2n) is 3.47. The summed E-state index contributed by atoms with van der Waals surface area (Å²) in [6.45, 7) is 3.61. The van der Waals surface area contributed by atoms with Gasteiger partial charge in [-0.1, -0.05) is 6.92 Å². The van der Waals surface area contributed by atoms with E-state index >= 15 is 0 Å². The highest BCUT2D eigenvalue weighted by atomic mass is 16.5. The maximum atomic E-state index is 11.8. The van der Waals surface area contributed by atoms with E-state index in [-0.39, 0.29) is 5.91 Å². The fourth-order valence-corrected chi connectivity index (χ4v) is 1.40. The first-order chi connectivity index (χ1) is 7.60. The third-order valence-corrected chi connectivity index (χ3v) is 2.40. The van der Waals surface area contributed by atoms with Crippen LogP contribution in [0.3, 0.4) is 0 Å². The summed E-state index contributed by atoms with van der Waals surface area (Å²) in [4.78, 5) is 26.0. The average Bonchev–Trinajstić information content (AvgIpc) is 2.71. The monoisotopic (exact) mass is 224 g/mol. The van der Waals surface area contributed by atoms with E-state index in [0.717, 1.165) is 5.69 Å². The number of aromatic amines is 1. The molecule has 1 aromatic heterocycles. The topological polar surface area (TPSA) is 71.2 Å². The molecule has 1 atom stereocenters. The first-order valence-corrected chi connectivity index (χ1v) is 5.12. The number of aromatic nitrogens is 1. The zero-order chi connectivity index (χ0) is 12.1. The Morgan fingerprint density at radius 1 is 1.56 bits per heavy atom. The van der Waals surface area contributed by atoms with Gasteiger partial charge in [0.2, 0.25) is 0 Å². The highest BCUT2D eigenvalue weighted by molar-refractivity contribution is 5.97. The molecule has 1 rings (SSSR count). The molecule has 1 heterocycles. The number of methoxy groups -OCH3 is 1. The minimum absolute atomic E-state index is 0.268.